The summed E-state index contributed by atoms with van der Waals surface area (Å²) in [4.78, 5) is 5.10. The molecule has 0 bridgehead atoms. The first-order valence-electron chi connectivity index (χ1n) is 7.57. The van der Waals surface area contributed by atoms with Crippen LogP contribution in [-0.2, 0) is 0 Å². The highest BCUT2D eigenvalue weighted by atomic mass is 79.9. The third-order valence-electron chi connectivity index (χ3n) is 4.29. The van der Waals surface area contributed by atoms with Gasteiger partial charge in [0.25, 0.3) is 0 Å². The topological polar surface area (TPSA) is 32.5 Å². The van der Waals surface area contributed by atoms with Crippen LogP contribution in [0.15, 0.2) is 28.7 Å². The third kappa shape index (κ3) is 4.29. The second-order valence-electron chi connectivity index (χ2n) is 5.73. The summed E-state index contributed by atoms with van der Waals surface area (Å²) in [6, 6.07) is 9.14. The predicted octanol–water partition coefficient (Wildman–Crippen LogP) is 2.87. The molecule has 3 nitrogen and oxygen atoms in total. The molecule has 2 N–H and O–H groups in total. The van der Waals surface area contributed by atoms with Crippen LogP contribution < -0.4 is 5.73 Å². The van der Waals surface area contributed by atoms with Crippen LogP contribution in [-0.4, -0.2) is 48.6 Å². The highest BCUT2D eigenvalue weighted by molar-refractivity contribution is 9.10. The molecule has 1 aromatic carbocycles. The van der Waals surface area contributed by atoms with Crippen LogP contribution in [0.4, 0.5) is 0 Å². The number of nitrogens with zero attached hydrogens (tertiary/aromatic N) is 2. The quantitative estimate of drug-likeness (QED) is 0.895. The SMILES string of the molecule is CCN1CCN(CCC(N)c2cccc(Br)c2)CC1C. The van der Waals surface area contributed by atoms with Gasteiger partial charge < -0.3 is 10.6 Å². The zero-order chi connectivity index (χ0) is 14.5. The molecule has 1 aliphatic rings. The highest BCUT2D eigenvalue weighted by Gasteiger charge is 2.22. The summed E-state index contributed by atoms with van der Waals surface area (Å²) in [5.74, 6) is 0. The lowest BCUT2D eigenvalue weighted by molar-refractivity contribution is 0.0861. The summed E-state index contributed by atoms with van der Waals surface area (Å²) in [5.41, 5.74) is 7.53. The zero-order valence-corrected chi connectivity index (χ0v) is 14.1. The van der Waals surface area contributed by atoms with Crippen LogP contribution in [0.5, 0.6) is 0 Å². The highest BCUT2D eigenvalue weighted by Crippen LogP contribution is 2.20. The molecule has 4 heteroatoms. The minimum absolute atomic E-state index is 0.131. The Bertz CT molecular complexity index is 424. The summed E-state index contributed by atoms with van der Waals surface area (Å²) in [6.07, 6.45) is 1.02. The minimum Gasteiger partial charge on any atom is -0.324 e. The van der Waals surface area contributed by atoms with E-state index in [1.54, 1.807) is 0 Å². The average Bonchev–Trinajstić information content (AvgIpc) is 2.45. The summed E-state index contributed by atoms with van der Waals surface area (Å²) in [7, 11) is 0. The van der Waals surface area contributed by atoms with Crippen LogP contribution in [0.2, 0.25) is 0 Å². The second kappa shape index (κ2) is 7.55. The Morgan fingerprint density at radius 2 is 2.20 bits per heavy atom. The first-order valence-corrected chi connectivity index (χ1v) is 8.37. The molecule has 112 valence electrons. The maximum atomic E-state index is 6.31. The fourth-order valence-electron chi connectivity index (χ4n) is 2.97. The third-order valence-corrected chi connectivity index (χ3v) is 4.78. The Kier molecular flexibility index (Phi) is 6.02. The molecule has 0 saturated carbocycles. The molecule has 0 aromatic heterocycles. The van der Waals surface area contributed by atoms with Crippen molar-refractivity contribution in [2.24, 2.45) is 5.73 Å². The lowest BCUT2D eigenvalue weighted by atomic mass is 10.0. The van der Waals surface area contributed by atoms with Crippen LogP contribution in [0, 0.1) is 0 Å². The summed E-state index contributed by atoms with van der Waals surface area (Å²) in [5, 5.41) is 0. The van der Waals surface area contributed by atoms with Gasteiger partial charge >= 0.3 is 0 Å². The van der Waals surface area contributed by atoms with Crippen molar-refractivity contribution in [3.05, 3.63) is 34.3 Å². The van der Waals surface area contributed by atoms with Crippen LogP contribution in [0.25, 0.3) is 0 Å². The van der Waals surface area contributed by atoms with Crippen molar-refractivity contribution in [2.75, 3.05) is 32.7 Å². The number of rotatable bonds is 5. The average molecular weight is 340 g/mol. The van der Waals surface area contributed by atoms with E-state index in [1.165, 1.54) is 25.2 Å². The zero-order valence-electron chi connectivity index (χ0n) is 12.6. The molecule has 1 aliphatic heterocycles. The Morgan fingerprint density at radius 1 is 1.40 bits per heavy atom. The van der Waals surface area contributed by atoms with E-state index in [4.69, 9.17) is 5.73 Å². The number of benzene rings is 1. The molecular formula is C16H26BrN3. The van der Waals surface area contributed by atoms with Crippen molar-refractivity contribution < 1.29 is 0 Å². The van der Waals surface area contributed by atoms with Gasteiger partial charge in [-0.05, 0) is 37.6 Å². The largest absolute Gasteiger partial charge is 0.324 e. The molecule has 0 aliphatic carbocycles. The smallest absolute Gasteiger partial charge is 0.0307 e. The van der Waals surface area contributed by atoms with Gasteiger partial charge in [0.05, 0.1) is 0 Å². The molecule has 20 heavy (non-hydrogen) atoms. The molecular weight excluding hydrogens is 314 g/mol. The Hall–Kier alpha value is -0.420. The minimum atomic E-state index is 0.131. The van der Waals surface area contributed by atoms with E-state index >= 15 is 0 Å². The number of halogens is 1. The van der Waals surface area contributed by atoms with Gasteiger partial charge in [-0.15, -0.1) is 0 Å². The molecule has 0 radical (unpaired) electrons. The normalized spacial score (nSPS) is 22.9. The second-order valence-corrected chi connectivity index (χ2v) is 6.64. The van der Waals surface area contributed by atoms with E-state index in [2.05, 4.69) is 57.8 Å². The van der Waals surface area contributed by atoms with Crippen LogP contribution >= 0.6 is 15.9 Å². The van der Waals surface area contributed by atoms with E-state index in [0.29, 0.717) is 6.04 Å². The molecule has 2 unspecified atom stereocenters. The molecule has 0 spiro atoms. The summed E-state index contributed by atoms with van der Waals surface area (Å²) < 4.78 is 1.11. The van der Waals surface area contributed by atoms with Gasteiger partial charge in [-0.1, -0.05) is 35.0 Å². The number of hydrogen-bond acceptors (Lipinski definition) is 3. The first kappa shape index (κ1) is 16.0. The van der Waals surface area contributed by atoms with Crippen molar-refractivity contribution in [3.8, 4) is 0 Å². The van der Waals surface area contributed by atoms with Gasteiger partial charge in [0.2, 0.25) is 0 Å². The maximum absolute atomic E-state index is 6.31. The predicted molar refractivity (Wildman–Crippen MR) is 88.8 cm³/mol. The Balaban J connectivity index is 1.81. The van der Waals surface area contributed by atoms with E-state index in [0.717, 1.165) is 24.0 Å². The molecule has 1 heterocycles. The fraction of sp³-hybridized carbons (Fsp3) is 0.625. The lowest BCUT2D eigenvalue weighted by Crippen LogP contribution is -2.51. The van der Waals surface area contributed by atoms with E-state index in [1.807, 2.05) is 6.07 Å². The Labute approximate surface area is 131 Å². The summed E-state index contributed by atoms with van der Waals surface area (Å²) >= 11 is 3.51. The van der Waals surface area contributed by atoms with Crippen molar-refractivity contribution in [1.82, 2.24) is 9.80 Å². The lowest BCUT2D eigenvalue weighted by Gasteiger charge is -2.39. The molecule has 0 amide bonds. The van der Waals surface area contributed by atoms with E-state index in [9.17, 15) is 0 Å². The molecule has 1 aromatic rings. The van der Waals surface area contributed by atoms with Crippen molar-refractivity contribution in [3.63, 3.8) is 0 Å². The first-order chi connectivity index (χ1) is 9.60. The van der Waals surface area contributed by atoms with Gasteiger partial charge in [-0.2, -0.15) is 0 Å². The van der Waals surface area contributed by atoms with Gasteiger partial charge in [-0.3, -0.25) is 4.90 Å². The number of nitrogens with two attached hydrogens (primary N) is 1. The fourth-order valence-corrected chi connectivity index (χ4v) is 3.39. The Morgan fingerprint density at radius 3 is 2.85 bits per heavy atom. The maximum Gasteiger partial charge on any atom is 0.0307 e. The van der Waals surface area contributed by atoms with Crippen LogP contribution in [0.1, 0.15) is 31.9 Å². The van der Waals surface area contributed by atoms with Gasteiger partial charge in [0.15, 0.2) is 0 Å². The van der Waals surface area contributed by atoms with Crippen molar-refractivity contribution in [2.45, 2.75) is 32.4 Å². The number of hydrogen-bond donors (Lipinski definition) is 1. The summed E-state index contributed by atoms with van der Waals surface area (Å²) in [6.45, 7) is 10.3. The number of likely N-dealkylation sites (N-methyl/N-ethyl adjacent to an activating group) is 1. The standard InChI is InChI=1S/C16H26BrN3/c1-3-20-10-9-19(12-13(20)2)8-7-16(18)14-5-4-6-15(17)11-14/h4-6,11,13,16H,3,7-10,12,18H2,1-2H3. The molecule has 2 rings (SSSR count). The monoisotopic (exact) mass is 339 g/mol. The molecule has 2 atom stereocenters. The van der Waals surface area contributed by atoms with Crippen molar-refractivity contribution >= 4 is 15.9 Å². The molecule has 1 saturated heterocycles. The van der Waals surface area contributed by atoms with Crippen LogP contribution in [0.3, 0.4) is 0 Å². The number of piperazine rings is 1. The van der Waals surface area contributed by atoms with Gasteiger partial charge in [0, 0.05) is 42.7 Å². The van der Waals surface area contributed by atoms with E-state index < -0.39 is 0 Å². The van der Waals surface area contributed by atoms with Gasteiger partial charge in [0.1, 0.15) is 0 Å². The van der Waals surface area contributed by atoms with E-state index in [-0.39, 0.29) is 6.04 Å². The van der Waals surface area contributed by atoms with Crippen molar-refractivity contribution in [1.29, 1.82) is 0 Å². The van der Waals surface area contributed by atoms with Gasteiger partial charge in [-0.25, -0.2) is 0 Å². The molecule has 1 fully saturated rings.